The molecule has 1 unspecified atom stereocenters. The van der Waals surface area contributed by atoms with Gasteiger partial charge >= 0.3 is 0 Å². The Labute approximate surface area is 131 Å². The lowest BCUT2D eigenvalue weighted by atomic mass is 10.0. The topological polar surface area (TPSA) is 56.5 Å². The highest BCUT2D eigenvalue weighted by Crippen LogP contribution is 2.33. The Morgan fingerprint density at radius 1 is 1.25 bits per heavy atom. The number of ether oxygens (including phenoxy) is 2. The van der Waals surface area contributed by atoms with E-state index in [1.54, 1.807) is 25.6 Å². The lowest BCUT2D eigenvalue weighted by Gasteiger charge is -2.19. The number of thiophene rings is 1. The minimum Gasteiger partial charge on any atom is -0.497 e. The van der Waals surface area contributed by atoms with Crippen molar-refractivity contribution in [3.05, 3.63) is 44.6 Å². The van der Waals surface area contributed by atoms with Gasteiger partial charge in [-0.1, -0.05) is 0 Å². The van der Waals surface area contributed by atoms with Crippen LogP contribution in [0.25, 0.3) is 0 Å². The Balaban J connectivity index is 2.30. The third kappa shape index (κ3) is 3.52. The summed E-state index contributed by atoms with van der Waals surface area (Å²) in [6.07, 6.45) is 0.788. The molecule has 3 N–H and O–H groups in total. The van der Waals surface area contributed by atoms with Gasteiger partial charge in [-0.25, -0.2) is 0 Å². The van der Waals surface area contributed by atoms with E-state index in [0.717, 1.165) is 27.3 Å². The molecule has 0 amide bonds. The van der Waals surface area contributed by atoms with Crippen molar-refractivity contribution in [1.82, 2.24) is 5.43 Å². The minimum atomic E-state index is -0.0365. The van der Waals surface area contributed by atoms with Crippen LogP contribution in [0.2, 0.25) is 0 Å². The zero-order valence-corrected chi connectivity index (χ0v) is 13.8. The van der Waals surface area contributed by atoms with Crippen LogP contribution in [0.5, 0.6) is 11.5 Å². The summed E-state index contributed by atoms with van der Waals surface area (Å²) in [5.74, 6) is 7.30. The number of hydrazine groups is 1. The van der Waals surface area contributed by atoms with Crippen LogP contribution in [-0.2, 0) is 6.42 Å². The number of rotatable bonds is 6. The summed E-state index contributed by atoms with van der Waals surface area (Å²) in [7, 11) is 3.30. The lowest BCUT2D eigenvalue weighted by molar-refractivity contribution is 0.389. The van der Waals surface area contributed by atoms with E-state index in [1.807, 2.05) is 24.3 Å². The summed E-state index contributed by atoms with van der Waals surface area (Å²) in [4.78, 5) is 1.24. The number of hydrogen-bond donors (Lipinski definition) is 2. The number of hydrogen-bond acceptors (Lipinski definition) is 5. The van der Waals surface area contributed by atoms with Gasteiger partial charge in [-0.05, 0) is 46.3 Å². The normalized spacial score (nSPS) is 12.2. The molecule has 20 heavy (non-hydrogen) atoms. The van der Waals surface area contributed by atoms with Gasteiger partial charge in [0.15, 0.2) is 0 Å². The Hall–Kier alpha value is -1.08. The number of nitrogens with one attached hydrogen (secondary N) is 1. The molecule has 108 valence electrons. The molecule has 0 aliphatic rings. The van der Waals surface area contributed by atoms with Crippen molar-refractivity contribution in [3.63, 3.8) is 0 Å². The van der Waals surface area contributed by atoms with Gasteiger partial charge in [0.25, 0.3) is 0 Å². The molecule has 2 aromatic rings. The largest absolute Gasteiger partial charge is 0.497 e. The molecule has 1 atom stereocenters. The van der Waals surface area contributed by atoms with Gasteiger partial charge in [-0.2, -0.15) is 0 Å². The molecule has 0 saturated heterocycles. The molecule has 0 bridgehead atoms. The smallest absolute Gasteiger partial charge is 0.123 e. The molecular weight excluding hydrogens is 340 g/mol. The summed E-state index contributed by atoms with van der Waals surface area (Å²) in [5.41, 5.74) is 3.84. The quantitative estimate of drug-likeness (QED) is 0.615. The monoisotopic (exact) mass is 356 g/mol. The van der Waals surface area contributed by atoms with Crippen molar-refractivity contribution in [2.45, 2.75) is 12.5 Å². The highest BCUT2D eigenvalue weighted by Gasteiger charge is 2.17. The van der Waals surface area contributed by atoms with Crippen LogP contribution in [-0.4, -0.2) is 14.2 Å². The maximum absolute atomic E-state index is 5.72. The van der Waals surface area contributed by atoms with E-state index < -0.39 is 0 Å². The standard InChI is InChI=1S/C14H17BrN2O2S/c1-18-9-3-5-13(19-2)11(7-9)12(17-16)8-10-4-6-14(15)20-10/h3-7,12,17H,8,16H2,1-2H3. The zero-order valence-electron chi connectivity index (χ0n) is 11.4. The van der Waals surface area contributed by atoms with Gasteiger partial charge in [-0.15, -0.1) is 11.3 Å². The van der Waals surface area contributed by atoms with Crippen LogP contribution in [0.1, 0.15) is 16.5 Å². The van der Waals surface area contributed by atoms with Gasteiger partial charge in [0.2, 0.25) is 0 Å². The lowest BCUT2D eigenvalue weighted by Crippen LogP contribution is -2.29. The van der Waals surface area contributed by atoms with Crippen molar-refractivity contribution < 1.29 is 9.47 Å². The van der Waals surface area contributed by atoms with Crippen LogP contribution in [0.15, 0.2) is 34.1 Å². The SMILES string of the molecule is COc1ccc(OC)c(C(Cc2ccc(Br)s2)NN)c1. The highest BCUT2D eigenvalue weighted by molar-refractivity contribution is 9.11. The Bertz CT molecular complexity index is 574. The van der Waals surface area contributed by atoms with Crippen molar-refractivity contribution in [2.75, 3.05) is 14.2 Å². The molecule has 1 aromatic carbocycles. The first-order valence-corrected chi connectivity index (χ1v) is 7.71. The first-order valence-electron chi connectivity index (χ1n) is 6.10. The number of nitrogens with two attached hydrogens (primary N) is 1. The molecule has 0 radical (unpaired) electrons. The van der Waals surface area contributed by atoms with Gasteiger partial charge in [-0.3, -0.25) is 11.3 Å². The molecule has 0 saturated carbocycles. The number of benzene rings is 1. The molecule has 0 fully saturated rings. The fourth-order valence-electron chi connectivity index (χ4n) is 2.03. The maximum Gasteiger partial charge on any atom is 0.123 e. The average molecular weight is 357 g/mol. The second-order valence-corrected chi connectivity index (χ2v) is 6.78. The van der Waals surface area contributed by atoms with Crippen LogP contribution in [0, 0.1) is 0 Å². The maximum atomic E-state index is 5.72. The minimum absolute atomic E-state index is 0.0365. The van der Waals surface area contributed by atoms with E-state index >= 15 is 0 Å². The van der Waals surface area contributed by atoms with Gasteiger partial charge in [0, 0.05) is 16.9 Å². The van der Waals surface area contributed by atoms with Gasteiger partial charge in [0.1, 0.15) is 11.5 Å². The number of methoxy groups -OCH3 is 2. The molecule has 4 nitrogen and oxygen atoms in total. The molecule has 6 heteroatoms. The van der Waals surface area contributed by atoms with Crippen molar-refractivity contribution >= 4 is 27.3 Å². The molecular formula is C14H17BrN2O2S. The van der Waals surface area contributed by atoms with Gasteiger partial charge < -0.3 is 9.47 Å². The van der Waals surface area contributed by atoms with Crippen molar-refractivity contribution in [3.8, 4) is 11.5 Å². The first-order chi connectivity index (χ1) is 9.67. The second kappa shape index (κ2) is 7.08. The molecule has 1 heterocycles. The van der Waals surface area contributed by atoms with E-state index in [1.165, 1.54) is 4.88 Å². The van der Waals surface area contributed by atoms with Crippen LogP contribution in [0.4, 0.5) is 0 Å². The molecule has 2 rings (SSSR count). The molecule has 0 spiro atoms. The summed E-state index contributed by atoms with van der Waals surface area (Å²) in [5, 5.41) is 0. The third-order valence-electron chi connectivity index (χ3n) is 3.05. The molecule has 0 aliphatic heterocycles. The van der Waals surface area contributed by atoms with Crippen LogP contribution < -0.4 is 20.7 Å². The van der Waals surface area contributed by atoms with E-state index in [0.29, 0.717) is 0 Å². The molecule has 0 aliphatic carbocycles. The third-order valence-corrected chi connectivity index (χ3v) is 4.69. The fourth-order valence-corrected chi connectivity index (χ4v) is 3.56. The summed E-state index contributed by atoms with van der Waals surface area (Å²) >= 11 is 5.17. The Morgan fingerprint density at radius 3 is 2.60 bits per heavy atom. The van der Waals surface area contributed by atoms with E-state index in [9.17, 15) is 0 Å². The van der Waals surface area contributed by atoms with E-state index in [2.05, 4.69) is 27.4 Å². The molecule has 1 aromatic heterocycles. The van der Waals surface area contributed by atoms with Crippen molar-refractivity contribution in [1.29, 1.82) is 0 Å². The zero-order chi connectivity index (χ0) is 14.5. The average Bonchev–Trinajstić information content (AvgIpc) is 2.89. The van der Waals surface area contributed by atoms with E-state index in [-0.39, 0.29) is 6.04 Å². The summed E-state index contributed by atoms with van der Waals surface area (Å²) in [6, 6.07) is 9.81. The van der Waals surface area contributed by atoms with Gasteiger partial charge in [0.05, 0.1) is 24.0 Å². The summed E-state index contributed by atoms with van der Waals surface area (Å²) < 4.78 is 11.8. The fraction of sp³-hybridized carbons (Fsp3) is 0.286. The first kappa shape index (κ1) is 15.3. The van der Waals surface area contributed by atoms with Crippen LogP contribution >= 0.6 is 27.3 Å². The van der Waals surface area contributed by atoms with E-state index in [4.69, 9.17) is 15.3 Å². The highest BCUT2D eigenvalue weighted by atomic mass is 79.9. The second-order valence-electron chi connectivity index (χ2n) is 4.24. The van der Waals surface area contributed by atoms with Crippen molar-refractivity contribution in [2.24, 2.45) is 5.84 Å². The predicted molar refractivity (Wildman–Crippen MR) is 85.3 cm³/mol. The summed E-state index contributed by atoms with van der Waals surface area (Å²) in [6.45, 7) is 0. The Morgan fingerprint density at radius 2 is 2.05 bits per heavy atom. The Kier molecular flexibility index (Phi) is 5.42. The predicted octanol–water partition coefficient (Wildman–Crippen LogP) is 3.27. The number of halogens is 1. The van der Waals surface area contributed by atoms with Crippen LogP contribution in [0.3, 0.4) is 0 Å².